The number of benzene rings is 1. The van der Waals surface area contributed by atoms with Crippen molar-refractivity contribution < 1.29 is 9.53 Å². The van der Waals surface area contributed by atoms with E-state index in [2.05, 4.69) is 23.1 Å². The number of nitrogens with zero attached hydrogens (tertiary/aromatic N) is 5. The number of anilines is 1. The Morgan fingerprint density at radius 1 is 1.33 bits per heavy atom. The lowest BCUT2D eigenvalue weighted by Gasteiger charge is -2.37. The molecule has 2 aromatic rings. The lowest BCUT2D eigenvalue weighted by Crippen LogP contribution is -2.58. The Morgan fingerprint density at radius 3 is 2.88 bits per heavy atom. The van der Waals surface area contributed by atoms with Crippen LogP contribution < -0.4 is 10.6 Å². The number of hydrogen-bond donors (Lipinski definition) is 1. The molecule has 0 spiro atoms. The van der Waals surface area contributed by atoms with Crippen molar-refractivity contribution in [1.82, 2.24) is 9.99 Å². The zero-order valence-electron chi connectivity index (χ0n) is 17.8. The minimum Gasteiger partial charge on any atom is -0.444 e. The summed E-state index contributed by atoms with van der Waals surface area (Å²) in [5, 5.41) is 16.3. The van der Waals surface area contributed by atoms with Crippen molar-refractivity contribution >= 4 is 35.0 Å². The SMILES string of the molecule is CCC/C=C/C=N/N1C(=S)N(c2cccnc2)[C@]23OC(N)=C(C#N)[C@]12C(=O)c1ccccc13. The first-order valence-corrected chi connectivity index (χ1v) is 10.9. The summed E-state index contributed by atoms with van der Waals surface area (Å²) in [6.07, 6.45) is 10.5. The summed E-state index contributed by atoms with van der Waals surface area (Å²) in [5.74, 6) is -0.475. The molecule has 0 amide bonds. The molecule has 1 fully saturated rings. The van der Waals surface area contributed by atoms with Crippen LogP contribution in [-0.2, 0) is 10.5 Å². The lowest BCUT2D eigenvalue weighted by atomic mass is 9.81. The molecular formula is C24H20N6O2S. The fourth-order valence-electron chi connectivity index (χ4n) is 4.85. The highest BCUT2D eigenvalue weighted by atomic mass is 32.1. The van der Waals surface area contributed by atoms with Crippen LogP contribution in [-0.4, -0.2) is 32.6 Å². The lowest BCUT2D eigenvalue weighted by molar-refractivity contribution is -0.0171. The van der Waals surface area contributed by atoms with Gasteiger partial charge in [0.2, 0.25) is 22.3 Å². The number of hydrazone groups is 1. The minimum absolute atomic E-state index is 0.0212. The standard InChI is InChI=1S/C24H20N6O2S/c1-2-3-4-7-13-28-30-22(33)29(16-9-8-12-27-15-16)24-18-11-6-5-10-17(18)20(31)23(24,30)19(14-25)21(26)32-24/h4-13,15H,2-3,26H2,1H3/b7-4+,28-13+/t23-,24-/m1/s1. The molecule has 2 aliphatic heterocycles. The molecule has 164 valence electrons. The molecule has 1 aromatic carbocycles. The average Bonchev–Trinajstić information content (AvgIpc) is 3.30. The number of thiocarbonyl (C=S) groups is 1. The van der Waals surface area contributed by atoms with E-state index in [1.54, 1.807) is 53.8 Å². The van der Waals surface area contributed by atoms with Crippen LogP contribution >= 0.6 is 12.2 Å². The van der Waals surface area contributed by atoms with Gasteiger partial charge in [0, 0.05) is 23.5 Å². The quantitative estimate of drug-likeness (QED) is 0.539. The van der Waals surface area contributed by atoms with E-state index in [0.29, 0.717) is 16.8 Å². The summed E-state index contributed by atoms with van der Waals surface area (Å²) in [6.45, 7) is 2.08. The molecule has 1 saturated heterocycles. The molecule has 3 aliphatic rings. The number of pyridine rings is 1. The van der Waals surface area contributed by atoms with E-state index in [4.69, 9.17) is 22.7 Å². The van der Waals surface area contributed by atoms with Crippen molar-refractivity contribution in [3.8, 4) is 6.07 Å². The topological polar surface area (TPSA) is 108 Å². The highest BCUT2D eigenvalue weighted by Gasteiger charge is 2.83. The van der Waals surface area contributed by atoms with Gasteiger partial charge in [-0.25, -0.2) is 5.01 Å². The molecule has 8 nitrogen and oxygen atoms in total. The molecule has 2 N–H and O–H groups in total. The molecule has 3 heterocycles. The number of ether oxygens (including phenoxy) is 1. The molecule has 1 aromatic heterocycles. The molecule has 0 bridgehead atoms. The summed E-state index contributed by atoms with van der Waals surface area (Å²) in [7, 11) is 0. The van der Waals surface area contributed by atoms with Crippen LogP contribution in [0.5, 0.6) is 0 Å². The van der Waals surface area contributed by atoms with Gasteiger partial charge in [-0.15, -0.1) is 0 Å². The Hall–Kier alpha value is -4.03. The molecule has 0 radical (unpaired) electrons. The highest BCUT2D eigenvalue weighted by molar-refractivity contribution is 7.80. The van der Waals surface area contributed by atoms with Gasteiger partial charge < -0.3 is 10.5 Å². The fourth-order valence-corrected chi connectivity index (χ4v) is 5.26. The van der Waals surface area contributed by atoms with E-state index >= 15 is 0 Å². The van der Waals surface area contributed by atoms with E-state index in [9.17, 15) is 10.1 Å². The maximum Gasteiger partial charge on any atom is 0.256 e. The third kappa shape index (κ3) is 2.44. The van der Waals surface area contributed by atoms with E-state index in [1.807, 2.05) is 18.2 Å². The first kappa shape index (κ1) is 20.8. The van der Waals surface area contributed by atoms with Crippen LogP contribution in [0.25, 0.3) is 0 Å². The summed E-state index contributed by atoms with van der Waals surface area (Å²) >= 11 is 5.85. The normalized spacial score (nSPS) is 25.6. The fraction of sp³-hybridized carbons (Fsp3) is 0.208. The summed E-state index contributed by atoms with van der Waals surface area (Å²) in [6, 6.07) is 12.8. The molecule has 9 heteroatoms. The van der Waals surface area contributed by atoms with Crippen molar-refractivity contribution in [1.29, 1.82) is 5.26 Å². The largest absolute Gasteiger partial charge is 0.444 e. The molecule has 2 atom stereocenters. The van der Waals surface area contributed by atoms with Gasteiger partial charge in [0.15, 0.2) is 0 Å². The Bertz CT molecular complexity index is 1300. The number of fused-ring (bicyclic) bond motifs is 1. The molecule has 0 saturated carbocycles. The van der Waals surface area contributed by atoms with E-state index in [0.717, 1.165) is 12.8 Å². The summed E-state index contributed by atoms with van der Waals surface area (Å²) in [4.78, 5) is 20.0. The Labute approximate surface area is 196 Å². The van der Waals surface area contributed by atoms with Crippen LogP contribution in [0.4, 0.5) is 5.69 Å². The second-order valence-electron chi connectivity index (χ2n) is 7.80. The summed E-state index contributed by atoms with van der Waals surface area (Å²) < 4.78 is 6.29. The minimum atomic E-state index is -1.70. The first-order valence-electron chi connectivity index (χ1n) is 10.5. The monoisotopic (exact) mass is 456 g/mol. The van der Waals surface area contributed by atoms with Gasteiger partial charge in [-0.05, 0) is 36.8 Å². The van der Waals surface area contributed by atoms with Crippen LogP contribution in [0.3, 0.4) is 0 Å². The van der Waals surface area contributed by atoms with Gasteiger partial charge in [-0.3, -0.25) is 14.7 Å². The number of Topliss-reactive ketones (excluding diaryl/α,β-unsaturated/α-hetero) is 1. The first-order chi connectivity index (χ1) is 16.1. The van der Waals surface area contributed by atoms with E-state index < -0.39 is 11.3 Å². The number of nitrogens with two attached hydrogens (primary N) is 1. The van der Waals surface area contributed by atoms with Gasteiger partial charge >= 0.3 is 0 Å². The number of carbonyl (C=O) groups is 1. The molecular weight excluding hydrogens is 436 g/mol. The molecule has 1 aliphatic carbocycles. The van der Waals surface area contributed by atoms with Gasteiger partial charge in [0.1, 0.15) is 11.6 Å². The predicted octanol–water partition coefficient (Wildman–Crippen LogP) is 3.34. The van der Waals surface area contributed by atoms with Crippen molar-refractivity contribution in [3.05, 3.63) is 83.5 Å². The third-order valence-electron chi connectivity index (χ3n) is 6.10. The number of nitriles is 1. The van der Waals surface area contributed by atoms with Crippen molar-refractivity contribution in [3.63, 3.8) is 0 Å². The van der Waals surface area contributed by atoms with Crippen LogP contribution in [0, 0.1) is 11.3 Å². The zero-order chi connectivity index (χ0) is 23.2. The second-order valence-corrected chi connectivity index (χ2v) is 8.17. The second kappa shape index (κ2) is 7.53. The van der Waals surface area contributed by atoms with Crippen LogP contribution in [0.1, 0.15) is 35.7 Å². The van der Waals surface area contributed by atoms with E-state index in [-0.39, 0.29) is 22.4 Å². The van der Waals surface area contributed by atoms with Crippen molar-refractivity contribution in [2.45, 2.75) is 31.0 Å². The predicted molar refractivity (Wildman–Crippen MR) is 127 cm³/mol. The number of carbonyl (C=O) groups excluding carboxylic acids is 1. The van der Waals surface area contributed by atoms with Crippen LogP contribution in [0.2, 0.25) is 0 Å². The molecule has 0 unspecified atom stereocenters. The zero-order valence-corrected chi connectivity index (χ0v) is 18.6. The van der Waals surface area contributed by atoms with E-state index in [1.165, 1.54) is 5.01 Å². The highest BCUT2D eigenvalue weighted by Crippen LogP contribution is 2.64. The molecule has 33 heavy (non-hydrogen) atoms. The Kier molecular flexibility index (Phi) is 4.76. The molecule has 5 rings (SSSR count). The number of ketones is 1. The van der Waals surface area contributed by atoms with Crippen molar-refractivity contribution in [2.75, 3.05) is 4.90 Å². The maximum absolute atomic E-state index is 14.1. The van der Waals surface area contributed by atoms with Gasteiger partial charge in [0.05, 0.1) is 11.9 Å². The van der Waals surface area contributed by atoms with Gasteiger partial charge in [0.25, 0.3) is 5.72 Å². The maximum atomic E-state index is 14.1. The number of unbranched alkanes of at least 4 members (excludes halogenated alkanes) is 1. The smallest absolute Gasteiger partial charge is 0.256 e. The van der Waals surface area contributed by atoms with Crippen molar-refractivity contribution in [2.24, 2.45) is 10.8 Å². The van der Waals surface area contributed by atoms with Gasteiger partial charge in [-0.1, -0.05) is 43.7 Å². The number of rotatable bonds is 5. The average molecular weight is 457 g/mol. The Morgan fingerprint density at radius 2 is 2.15 bits per heavy atom. The third-order valence-corrected chi connectivity index (χ3v) is 6.46. The summed E-state index contributed by atoms with van der Waals surface area (Å²) in [5.41, 5.74) is 4.56. The van der Waals surface area contributed by atoms with Crippen LogP contribution in [0.15, 0.2) is 77.5 Å². The number of allylic oxidation sites excluding steroid dienone is 2. The van der Waals surface area contributed by atoms with Gasteiger partial charge in [-0.2, -0.15) is 10.4 Å². The number of aromatic nitrogens is 1. The number of hydrogen-bond acceptors (Lipinski definition) is 7. The Balaban J connectivity index is 1.82.